The molecule has 11 nitrogen and oxygen atoms in total. The van der Waals surface area contributed by atoms with Gasteiger partial charge in [0.25, 0.3) is 0 Å². The van der Waals surface area contributed by atoms with Gasteiger partial charge in [0.05, 0.1) is 31.0 Å². The number of aryl methyl sites for hydroxylation is 1. The Morgan fingerprint density at radius 1 is 1.13 bits per heavy atom. The van der Waals surface area contributed by atoms with Gasteiger partial charge < -0.3 is 38.9 Å². The second-order valence-corrected chi connectivity index (χ2v) is 15.1. The van der Waals surface area contributed by atoms with E-state index in [1.165, 1.54) is 7.11 Å². The van der Waals surface area contributed by atoms with Crippen molar-refractivity contribution in [2.75, 3.05) is 34.0 Å². The fourth-order valence-corrected chi connectivity index (χ4v) is 8.12. The van der Waals surface area contributed by atoms with E-state index in [1.807, 2.05) is 58.0 Å². The van der Waals surface area contributed by atoms with Crippen LogP contribution in [0.25, 0.3) is 0 Å². The summed E-state index contributed by atoms with van der Waals surface area (Å²) in [4.78, 5) is 25.6. The second-order valence-electron chi connectivity index (χ2n) is 15.1. The maximum absolute atomic E-state index is 13.3. The molecular formula is C41H57N3O8. The molecule has 1 aromatic heterocycles. The summed E-state index contributed by atoms with van der Waals surface area (Å²) < 4.78 is 25.6. The van der Waals surface area contributed by atoms with Crippen molar-refractivity contribution < 1.29 is 38.8 Å². The van der Waals surface area contributed by atoms with Crippen molar-refractivity contribution in [1.82, 2.24) is 9.88 Å². The van der Waals surface area contributed by atoms with Gasteiger partial charge in [-0.25, -0.2) is 4.79 Å². The molecule has 1 aromatic carbocycles. The van der Waals surface area contributed by atoms with Gasteiger partial charge in [0, 0.05) is 43.9 Å². The maximum Gasteiger partial charge on any atom is 0.409 e. The summed E-state index contributed by atoms with van der Waals surface area (Å²) in [7, 11) is 3.07. The Balaban J connectivity index is 1.73. The van der Waals surface area contributed by atoms with Gasteiger partial charge in [-0.3, -0.25) is 4.98 Å². The van der Waals surface area contributed by atoms with Crippen LogP contribution in [0.1, 0.15) is 88.6 Å². The summed E-state index contributed by atoms with van der Waals surface area (Å²) in [6.45, 7) is 12.5. The number of nitrogens with zero attached hydrogens (tertiary/aromatic N) is 3. The lowest BCUT2D eigenvalue weighted by atomic mass is 9.55. The van der Waals surface area contributed by atoms with E-state index >= 15 is 0 Å². The zero-order chi connectivity index (χ0) is 37.5. The van der Waals surface area contributed by atoms with Gasteiger partial charge in [0.2, 0.25) is 5.79 Å². The van der Waals surface area contributed by atoms with E-state index in [9.17, 15) is 15.0 Å². The predicted molar refractivity (Wildman–Crippen MR) is 199 cm³/mol. The minimum absolute atomic E-state index is 0.106. The van der Waals surface area contributed by atoms with Gasteiger partial charge in [-0.2, -0.15) is 0 Å². The summed E-state index contributed by atoms with van der Waals surface area (Å²) in [5.74, 6) is -0.315. The van der Waals surface area contributed by atoms with E-state index < -0.39 is 29.4 Å². The molecule has 11 heteroatoms. The highest BCUT2D eigenvalue weighted by Crippen LogP contribution is 2.61. The number of hydrogen-bond donors (Lipinski definition) is 2. The number of carbonyl (C=O) groups excluding carboxylic acids is 1. The number of rotatable bonds is 16. The van der Waals surface area contributed by atoms with E-state index in [1.54, 1.807) is 18.0 Å². The number of amides is 1. The lowest BCUT2D eigenvalue weighted by Crippen LogP contribution is -2.69. The Bertz CT molecular complexity index is 1600. The van der Waals surface area contributed by atoms with Crippen LogP contribution in [-0.4, -0.2) is 83.3 Å². The quantitative estimate of drug-likeness (QED) is 0.106. The molecule has 52 heavy (non-hydrogen) atoms. The molecule has 2 N–H and O–H groups in total. The lowest BCUT2D eigenvalue weighted by molar-refractivity contribution is -0.253. The van der Waals surface area contributed by atoms with Gasteiger partial charge in [-0.1, -0.05) is 36.2 Å². The first-order valence-corrected chi connectivity index (χ1v) is 18.6. The zero-order valence-electron chi connectivity index (χ0n) is 31.7. The fraction of sp³-hybridized carbons (Fsp3) is 0.585. The van der Waals surface area contributed by atoms with Crippen LogP contribution >= 0.6 is 0 Å². The van der Waals surface area contributed by atoms with Gasteiger partial charge in [-0.05, 0) is 101 Å². The smallest absolute Gasteiger partial charge is 0.409 e. The van der Waals surface area contributed by atoms with Crippen molar-refractivity contribution in [2.45, 2.75) is 103 Å². The SMILES string of the molecule is C=CCO[C@@]12Oc3ccc(OCc4cccc(C)n4)cc3[C@H]3[C@H](CCCCO)[C@@H](CCCCO)C=C(C(=NOC(C)(C)C)C[C@@H]1N(C)C(=O)OC)[C@H]32. The first kappa shape index (κ1) is 39.3. The van der Waals surface area contributed by atoms with Crippen LogP contribution in [0, 0.1) is 24.7 Å². The van der Waals surface area contributed by atoms with Crippen molar-refractivity contribution in [3.63, 3.8) is 0 Å². The summed E-state index contributed by atoms with van der Waals surface area (Å²) in [6, 6.07) is 11.2. The molecule has 6 atom stereocenters. The number of allylic oxidation sites excluding steroid dienone is 1. The highest BCUT2D eigenvalue weighted by atomic mass is 16.7. The molecule has 1 fully saturated rings. The van der Waals surface area contributed by atoms with Gasteiger partial charge in [0.15, 0.2) is 0 Å². The van der Waals surface area contributed by atoms with Gasteiger partial charge in [-0.15, -0.1) is 6.58 Å². The number of pyridine rings is 1. The third-order valence-corrected chi connectivity index (χ3v) is 10.3. The average molecular weight is 720 g/mol. The number of unbranched alkanes of at least 4 members (excludes halogenated alkanes) is 2. The van der Waals surface area contributed by atoms with Crippen LogP contribution in [0.3, 0.4) is 0 Å². The van der Waals surface area contributed by atoms with Crippen LogP contribution in [0.15, 0.2) is 65.9 Å². The summed E-state index contributed by atoms with van der Waals surface area (Å²) in [5, 5.41) is 24.4. The van der Waals surface area contributed by atoms with Crippen molar-refractivity contribution in [3.8, 4) is 11.5 Å². The van der Waals surface area contributed by atoms with Crippen LogP contribution < -0.4 is 9.47 Å². The first-order valence-electron chi connectivity index (χ1n) is 18.6. The Labute approximate surface area is 308 Å². The van der Waals surface area contributed by atoms with Gasteiger partial charge >= 0.3 is 6.09 Å². The van der Waals surface area contributed by atoms with E-state index in [4.69, 9.17) is 28.9 Å². The predicted octanol–water partition coefficient (Wildman–Crippen LogP) is 7.10. The number of aliphatic hydroxyl groups is 2. The number of aliphatic hydroxyl groups excluding tert-OH is 2. The molecule has 1 saturated carbocycles. The number of benzene rings is 1. The van der Waals surface area contributed by atoms with E-state index in [2.05, 4.69) is 23.7 Å². The Hall–Kier alpha value is -3.93. The average Bonchev–Trinajstić information content (AvgIpc) is 3.12. The Morgan fingerprint density at radius 2 is 1.88 bits per heavy atom. The molecule has 0 bridgehead atoms. The van der Waals surface area contributed by atoms with Crippen molar-refractivity contribution in [3.05, 3.63) is 77.7 Å². The number of likely N-dealkylation sites (N-methyl/N-ethyl adjacent to an activating group) is 1. The molecule has 0 saturated heterocycles. The molecule has 284 valence electrons. The third-order valence-electron chi connectivity index (χ3n) is 10.3. The number of oxime groups is 1. The normalized spacial score (nSPS) is 25.7. The molecule has 0 radical (unpaired) electrons. The number of hydrogen-bond acceptors (Lipinski definition) is 10. The van der Waals surface area contributed by atoms with Crippen LogP contribution in [-0.2, 0) is 20.9 Å². The molecule has 1 amide bonds. The summed E-state index contributed by atoms with van der Waals surface area (Å²) in [6.07, 6.45) is 8.57. The lowest BCUT2D eigenvalue weighted by Gasteiger charge is -2.59. The molecule has 2 aliphatic carbocycles. The topological polar surface area (TPSA) is 132 Å². The van der Waals surface area contributed by atoms with Crippen LogP contribution in [0.2, 0.25) is 0 Å². The largest absolute Gasteiger partial charge is 0.487 e. The molecule has 3 aliphatic rings. The highest BCUT2D eigenvalue weighted by Gasteiger charge is 2.65. The number of methoxy groups -OCH3 is 1. The van der Waals surface area contributed by atoms with Crippen LogP contribution in [0.5, 0.6) is 11.5 Å². The summed E-state index contributed by atoms with van der Waals surface area (Å²) >= 11 is 0. The Morgan fingerprint density at radius 3 is 2.56 bits per heavy atom. The standard InChI is InChI=1S/C41H57N3O8/c1-8-22-50-41-36(44(6)39(47)48-7)25-34(43-52-40(3,4)5)32-23-28(15-9-11-20-45)31(17-10-12-21-46)37(38(32)41)33-24-30(18-19-35(33)51-41)49-26-29-16-13-14-27(2)42-29/h8,13-14,16,18-19,23-24,28,31,36-38,45-46H,1,9-12,15,17,20-22,25-26H2,2-7H3/t28-,31+,36-,37+,38+,41+/m0/s1. The van der Waals surface area contributed by atoms with Crippen molar-refractivity contribution >= 4 is 11.8 Å². The third kappa shape index (κ3) is 8.64. The van der Waals surface area contributed by atoms with Crippen molar-refractivity contribution in [2.24, 2.45) is 22.9 Å². The molecule has 0 spiro atoms. The van der Waals surface area contributed by atoms with E-state index in [-0.39, 0.29) is 37.6 Å². The molecule has 2 heterocycles. The number of fused-ring (bicyclic) bond motifs is 2. The van der Waals surface area contributed by atoms with Crippen LogP contribution in [0.4, 0.5) is 4.79 Å². The van der Waals surface area contributed by atoms with E-state index in [0.29, 0.717) is 37.4 Å². The number of aromatic nitrogens is 1. The molecule has 2 aromatic rings. The maximum atomic E-state index is 13.3. The van der Waals surface area contributed by atoms with Gasteiger partial charge in [0.1, 0.15) is 29.7 Å². The summed E-state index contributed by atoms with van der Waals surface area (Å²) in [5.41, 5.74) is 3.89. The number of ether oxygens (including phenoxy) is 4. The monoisotopic (exact) mass is 719 g/mol. The number of carbonyl (C=O) groups is 1. The minimum Gasteiger partial charge on any atom is -0.487 e. The minimum atomic E-state index is -1.33. The Kier molecular flexibility index (Phi) is 13.0. The molecule has 1 aliphatic heterocycles. The van der Waals surface area contributed by atoms with Crippen molar-refractivity contribution in [1.29, 1.82) is 0 Å². The second kappa shape index (κ2) is 17.3. The first-order chi connectivity index (χ1) is 25.0. The molecule has 5 rings (SSSR count). The molecule has 0 unspecified atom stereocenters. The highest BCUT2D eigenvalue weighted by molar-refractivity contribution is 6.02. The zero-order valence-corrected chi connectivity index (χ0v) is 31.7. The fourth-order valence-electron chi connectivity index (χ4n) is 8.12. The van der Waals surface area contributed by atoms with E-state index in [0.717, 1.165) is 53.9 Å². The molecular weight excluding hydrogens is 662 g/mol.